The molecule has 1 saturated heterocycles. The van der Waals surface area contributed by atoms with Crippen molar-refractivity contribution < 1.29 is 5.11 Å². The van der Waals surface area contributed by atoms with Gasteiger partial charge in [-0.15, -0.1) is 11.8 Å². The van der Waals surface area contributed by atoms with Crippen molar-refractivity contribution in [2.75, 3.05) is 25.4 Å². The molecule has 0 aliphatic carbocycles. The van der Waals surface area contributed by atoms with Gasteiger partial charge in [0, 0.05) is 33.7 Å². The van der Waals surface area contributed by atoms with Gasteiger partial charge in [-0.05, 0) is 81.6 Å². The van der Waals surface area contributed by atoms with Crippen molar-refractivity contribution in [2.45, 2.75) is 56.4 Å². The highest BCUT2D eigenvalue weighted by Gasteiger charge is 2.23. The molecule has 158 valence electrons. The number of aromatic hydroxyl groups is 1. The molecule has 0 spiro atoms. The van der Waals surface area contributed by atoms with Crippen molar-refractivity contribution in [2.24, 2.45) is 0 Å². The molecular weight excluding hydrogens is 388 g/mol. The molecule has 1 fully saturated rings. The smallest absolute Gasteiger partial charge is 0.116 e. The fraction of sp³-hybridized carbons (Fsp3) is 0.462. The van der Waals surface area contributed by atoms with E-state index in [1.165, 1.54) is 90.8 Å². The Morgan fingerprint density at radius 2 is 1.73 bits per heavy atom. The Labute approximate surface area is 184 Å². The number of piperidine rings is 1. The number of thioether (sulfide) groups is 1. The molecule has 1 aromatic heterocycles. The van der Waals surface area contributed by atoms with Crippen molar-refractivity contribution >= 4 is 22.7 Å². The SMILES string of the molecule is Oc1ccc2c(c1)SCCc1c-2n(CCCCCN2CCCCC2)c2ccccc12. The Morgan fingerprint density at radius 1 is 0.900 bits per heavy atom. The van der Waals surface area contributed by atoms with Crippen LogP contribution in [0.4, 0.5) is 0 Å². The molecule has 2 aliphatic heterocycles. The maximum Gasteiger partial charge on any atom is 0.116 e. The van der Waals surface area contributed by atoms with Crippen molar-refractivity contribution in [1.82, 2.24) is 9.47 Å². The summed E-state index contributed by atoms with van der Waals surface area (Å²) >= 11 is 1.87. The first kappa shape index (κ1) is 20.0. The number of benzene rings is 2. The Bertz CT molecular complexity index is 1020. The van der Waals surface area contributed by atoms with Crippen LogP contribution >= 0.6 is 11.8 Å². The average Bonchev–Trinajstić information content (AvgIpc) is 2.95. The maximum absolute atomic E-state index is 10.0. The lowest BCUT2D eigenvalue weighted by Crippen LogP contribution is -2.30. The van der Waals surface area contributed by atoms with E-state index in [0.29, 0.717) is 5.75 Å². The molecule has 0 unspecified atom stereocenters. The van der Waals surface area contributed by atoms with Crippen LogP contribution in [0.2, 0.25) is 0 Å². The lowest BCUT2D eigenvalue weighted by molar-refractivity contribution is 0.224. The largest absolute Gasteiger partial charge is 0.508 e. The summed E-state index contributed by atoms with van der Waals surface area (Å²) in [7, 11) is 0. The van der Waals surface area contributed by atoms with Crippen molar-refractivity contribution in [1.29, 1.82) is 0 Å². The van der Waals surface area contributed by atoms with Crippen LogP contribution in [0.15, 0.2) is 47.4 Å². The summed E-state index contributed by atoms with van der Waals surface area (Å²) in [6.45, 7) is 4.94. The minimum Gasteiger partial charge on any atom is -0.508 e. The molecule has 2 aliphatic rings. The van der Waals surface area contributed by atoms with Crippen LogP contribution < -0.4 is 0 Å². The van der Waals surface area contributed by atoms with Crippen LogP contribution in [-0.4, -0.2) is 40.0 Å². The molecule has 0 saturated carbocycles. The van der Waals surface area contributed by atoms with Gasteiger partial charge in [-0.3, -0.25) is 0 Å². The number of likely N-dealkylation sites (tertiary alicyclic amines) is 1. The summed E-state index contributed by atoms with van der Waals surface area (Å²) in [4.78, 5) is 3.86. The van der Waals surface area contributed by atoms with Crippen LogP contribution in [0.1, 0.15) is 44.1 Å². The monoisotopic (exact) mass is 420 g/mol. The van der Waals surface area contributed by atoms with Gasteiger partial charge in [0.05, 0.1) is 5.69 Å². The van der Waals surface area contributed by atoms with Crippen LogP contribution in [0.25, 0.3) is 22.2 Å². The first-order valence-electron chi connectivity index (χ1n) is 11.6. The van der Waals surface area contributed by atoms with Crippen molar-refractivity contribution in [3.05, 3.63) is 48.0 Å². The summed E-state index contributed by atoms with van der Waals surface area (Å²) < 4.78 is 2.56. The predicted molar refractivity (Wildman–Crippen MR) is 128 cm³/mol. The summed E-state index contributed by atoms with van der Waals surface area (Å²) in [5.74, 6) is 1.43. The van der Waals surface area contributed by atoms with Crippen LogP contribution in [-0.2, 0) is 13.0 Å². The number of unbranched alkanes of at least 4 members (excludes halogenated alkanes) is 2. The van der Waals surface area contributed by atoms with Gasteiger partial charge in [0.2, 0.25) is 0 Å². The average molecular weight is 421 g/mol. The van der Waals surface area contributed by atoms with Crippen molar-refractivity contribution in [3.8, 4) is 17.0 Å². The molecule has 4 heteroatoms. The number of aryl methyl sites for hydroxylation is 2. The highest BCUT2D eigenvalue weighted by atomic mass is 32.2. The summed E-state index contributed by atoms with van der Waals surface area (Å²) in [5, 5.41) is 11.4. The fourth-order valence-corrected chi connectivity index (χ4v) is 6.27. The van der Waals surface area contributed by atoms with Gasteiger partial charge in [0.25, 0.3) is 0 Å². The lowest BCUT2D eigenvalue weighted by atomic mass is 10.0. The fourth-order valence-electron chi connectivity index (χ4n) is 5.22. The Kier molecular flexibility index (Phi) is 6.05. The highest BCUT2D eigenvalue weighted by Crippen LogP contribution is 2.43. The third-order valence-corrected chi connectivity index (χ3v) is 7.77. The first-order chi connectivity index (χ1) is 14.8. The number of rotatable bonds is 6. The molecular formula is C26H32N2OS. The number of phenolic OH excluding ortho intramolecular Hbond substituents is 1. The molecule has 5 rings (SSSR count). The van der Waals surface area contributed by atoms with Crippen molar-refractivity contribution in [3.63, 3.8) is 0 Å². The second kappa shape index (κ2) is 9.07. The van der Waals surface area contributed by atoms with Crippen LogP contribution in [0.3, 0.4) is 0 Å². The molecule has 0 amide bonds. The Hall–Kier alpha value is -1.91. The highest BCUT2D eigenvalue weighted by molar-refractivity contribution is 7.99. The number of aromatic nitrogens is 1. The number of hydrogen-bond donors (Lipinski definition) is 1. The zero-order valence-electron chi connectivity index (χ0n) is 17.8. The molecule has 2 aromatic carbocycles. The van der Waals surface area contributed by atoms with E-state index >= 15 is 0 Å². The molecule has 0 radical (unpaired) electrons. The van der Waals surface area contributed by atoms with E-state index in [2.05, 4.69) is 39.8 Å². The number of fused-ring (bicyclic) bond motifs is 5. The normalized spacial score (nSPS) is 16.9. The van der Waals surface area contributed by atoms with E-state index in [4.69, 9.17) is 0 Å². The Balaban J connectivity index is 1.39. The van der Waals surface area contributed by atoms with Gasteiger partial charge in [-0.25, -0.2) is 0 Å². The number of para-hydroxylation sites is 1. The van der Waals surface area contributed by atoms with E-state index in [9.17, 15) is 5.11 Å². The summed E-state index contributed by atoms with van der Waals surface area (Å²) in [6, 6.07) is 14.8. The molecule has 0 bridgehead atoms. The molecule has 30 heavy (non-hydrogen) atoms. The second-order valence-electron chi connectivity index (χ2n) is 8.74. The van der Waals surface area contributed by atoms with E-state index < -0.39 is 0 Å². The number of nitrogens with zero attached hydrogens (tertiary/aromatic N) is 2. The third-order valence-electron chi connectivity index (χ3n) is 6.71. The van der Waals surface area contributed by atoms with Gasteiger partial charge in [-0.1, -0.05) is 31.0 Å². The number of phenols is 1. The maximum atomic E-state index is 10.0. The van der Waals surface area contributed by atoms with Gasteiger partial charge < -0.3 is 14.6 Å². The minimum absolute atomic E-state index is 0.366. The standard InChI is InChI=1S/C26H32N2OS/c29-20-11-12-23-25(19-20)30-18-13-22-21-9-3-4-10-24(21)28(26(22)23)17-8-2-7-16-27-14-5-1-6-15-27/h3-4,9-12,19,29H,1-2,5-8,13-18H2. The third kappa shape index (κ3) is 4.00. The van der Waals surface area contributed by atoms with E-state index in [0.717, 1.165) is 18.7 Å². The van der Waals surface area contributed by atoms with E-state index in [1.807, 2.05) is 23.9 Å². The topological polar surface area (TPSA) is 28.4 Å². The number of hydrogen-bond acceptors (Lipinski definition) is 3. The van der Waals surface area contributed by atoms with Crippen LogP contribution in [0, 0.1) is 0 Å². The minimum atomic E-state index is 0.366. The van der Waals surface area contributed by atoms with Gasteiger partial charge in [-0.2, -0.15) is 0 Å². The van der Waals surface area contributed by atoms with Gasteiger partial charge in [0.1, 0.15) is 5.75 Å². The zero-order valence-corrected chi connectivity index (χ0v) is 18.6. The first-order valence-corrected chi connectivity index (χ1v) is 12.6. The van der Waals surface area contributed by atoms with Gasteiger partial charge in [0.15, 0.2) is 0 Å². The zero-order chi connectivity index (χ0) is 20.3. The summed E-state index contributed by atoms with van der Waals surface area (Å²) in [6.07, 6.45) is 9.08. The molecule has 3 heterocycles. The molecule has 3 aromatic rings. The molecule has 3 nitrogen and oxygen atoms in total. The summed E-state index contributed by atoms with van der Waals surface area (Å²) in [5.41, 5.74) is 5.52. The second-order valence-corrected chi connectivity index (χ2v) is 9.87. The van der Waals surface area contributed by atoms with E-state index in [1.54, 1.807) is 0 Å². The lowest BCUT2D eigenvalue weighted by Gasteiger charge is -2.26. The quantitative estimate of drug-likeness (QED) is 0.473. The molecule has 0 atom stereocenters. The predicted octanol–water partition coefficient (Wildman–Crippen LogP) is 6.32. The molecule has 1 N–H and O–H groups in total. The van der Waals surface area contributed by atoms with Gasteiger partial charge >= 0.3 is 0 Å². The van der Waals surface area contributed by atoms with E-state index in [-0.39, 0.29) is 0 Å². The van der Waals surface area contributed by atoms with Crippen LogP contribution in [0.5, 0.6) is 5.75 Å². The Morgan fingerprint density at radius 3 is 2.63 bits per heavy atom.